The van der Waals surface area contributed by atoms with Gasteiger partial charge in [-0.1, -0.05) is 18.7 Å². The molecule has 1 atom stereocenters. The molecule has 0 bridgehead atoms. The van der Waals surface area contributed by atoms with E-state index in [0.717, 1.165) is 16.5 Å². The van der Waals surface area contributed by atoms with Gasteiger partial charge < -0.3 is 14.3 Å². The van der Waals surface area contributed by atoms with Crippen LogP contribution in [-0.4, -0.2) is 29.7 Å². The first-order valence-electron chi connectivity index (χ1n) is 8.37. The smallest absolute Gasteiger partial charge is 0.339 e. The molecule has 0 aliphatic carbocycles. The Hall–Kier alpha value is -2.41. The monoisotopic (exact) mass is 360 g/mol. The summed E-state index contributed by atoms with van der Waals surface area (Å²) in [5.74, 6) is 0.446. The molecule has 0 spiro atoms. The van der Waals surface area contributed by atoms with Crippen LogP contribution in [0.4, 0.5) is 0 Å². The Morgan fingerprint density at radius 2 is 2.19 bits per heavy atom. The molecule has 0 saturated heterocycles. The van der Waals surface area contributed by atoms with E-state index in [9.17, 15) is 9.90 Å². The van der Waals surface area contributed by atoms with Crippen LogP contribution in [0, 0.1) is 6.92 Å². The minimum absolute atomic E-state index is 0.131. The van der Waals surface area contributed by atoms with Crippen molar-refractivity contribution in [2.45, 2.75) is 32.8 Å². The molecule has 0 saturated carbocycles. The largest absolute Gasteiger partial charge is 0.488 e. The summed E-state index contributed by atoms with van der Waals surface area (Å²) in [4.78, 5) is 16.1. The fourth-order valence-electron chi connectivity index (χ4n) is 2.67. The van der Waals surface area contributed by atoms with E-state index in [1.165, 1.54) is 6.07 Å². The van der Waals surface area contributed by atoms with Gasteiger partial charge in [0, 0.05) is 0 Å². The Balaban J connectivity index is 2.10. The van der Waals surface area contributed by atoms with Gasteiger partial charge in [0.1, 0.15) is 24.0 Å². The number of benzene rings is 1. The molecule has 26 heavy (non-hydrogen) atoms. The molecule has 0 aliphatic heterocycles. The molecule has 6 nitrogen and oxygen atoms in total. The predicted molar refractivity (Wildman–Crippen MR) is 99.4 cm³/mol. The van der Waals surface area contributed by atoms with Crippen molar-refractivity contribution in [3.63, 3.8) is 0 Å². The molecule has 0 fully saturated rings. The lowest BCUT2D eigenvalue weighted by Crippen LogP contribution is -2.12. The van der Waals surface area contributed by atoms with E-state index in [0.29, 0.717) is 29.7 Å². The van der Waals surface area contributed by atoms with Gasteiger partial charge in [-0.05, 0) is 55.5 Å². The molecular formula is C20H24O6. The van der Waals surface area contributed by atoms with Gasteiger partial charge in [-0.3, -0.25) is 5.26 Å². The maximum atomic E-state index is 11.7. The third-order valence-corrected chi connectivity index (χ3v) is 4.16. The van der Waals surface area contributed by atoms with E-state index in [-0.39, 0.29) is 13.2 Å². The number of ether oxygens (including phenoxy) is 1. The molecule has 0 radical (unpaired) electrons. The molecule has 140 valence electrons. The third-order valence-electron chi connectivity index (χ3n) is 4.16. The maximum absolute atomic E-state index is 11.7. The first kappa shape index (κ1) is 19.9. The second-order valence-corrected chi connectivity index (χ2v) is 6.19. The van der Waals surface area contributed by atoms with Crippen molar-refractivity contribution in [2.75, 3.05) is 13.2 Å². The highest BCUT2D eigenvalue weighted by Gasteiger charge is 2.11. The molecule has 0 aliphatic rings. The normalized spacial score (nSPS) is 13.0. The number of aliphatic hydroxyl groups is 1. The topological polar surface area (TPSA) is 89.1 Å². The van der Waals surface area contributed by atoms with Crippen molar-refractivity contribution in [1.82, 2.24) is 0 Å². The highest BCUT2D eigenvalue weighted by atomic mass is 17.1. The summed E-state index contributed by atoms with van der Waals surface area (Å²) in [6, 6.07) is 6.77. The second kappa shape index (κ2) is 9.33. The molecule has 6 heteroatoms. The summed E-state index contributed by atoms with van der Waals surface area (Å²) < 4.78 is 10.9. The van der Waals surface area contributed by atoms with E-state index in [4.69, 9.17) is 14.4 Å². The number of fused-ring (bicyclic) bond motifs is 1. The van der Waals surface area contributed by atoms with Crippen LogP contribution in [0.1, 0.15) is 25.3 Å². The zero-order valence-electron chi connectivity index (χ0n) is 15.0. The van der Waals surface area contributed by atoms with E-state index in [1.807, 2.05) is 19.1 Å². The number of aliphatic hydroxyl groups excluding tert-OH is 1. The van der Waals surface area contributed by atoms with Crippen LogP contribution in [0.5, 0.6) is 5.75 Å². The average molecular weight is 360 g/mol. The zero-order chi connectivity index (χ0) is 19.1. The summed E-state index contributed by atoms with van der Waals surface area (Å²) >= 11 is 0. The molecule has 1 heterocycles. The quantitative estimate of drug-likeness (QED) is 0.307. The lowest BCUT2D eigenvalue weighted by Gasteiger charge is -2.14. The van der Waals surface area contributed by atoms with E-state index < -0.39 is 11.7 Å². The summed E-state index contributed by atoms with van der Waals surface area (Å²) in [6.07, 6.45) is 2.30. The highest BCUT2D eigenvalue weighted by Crippen LogP contribution is 2.27. The Morgan fingerprint density at radius 3 is 2.85 bits per heavy atom. The van der Waals surface area contributed by atoms with Gasteiger partial charge in [0.25, 0.3) is 0 Å². The molecule has 2 N–H and O–H groups in total. The molecule has 0 amide bonds. The SMILES string of the molecule is C=C(C)C(CCC(=CCOc1cc(=O)oc2cccc(C)c12)CO)OO. The maximum Gasteiger partial charge on any atom is 0.339 e. The van der Waals surface area contributed by atoms with E-state index in [1.54, 1.807) is 19.1 Å². The van der Waals surface area contributed by atoms with Gasteiger partial charge in [0.05, 0.1) is 18.1 Å². The van der Waals surface area contributed by atoms with Gasteiger partial charge in [-0.25, -0.2) is 9.68 Å². The van der Waals surface area contributed by atoms with Crippen LogP contribution in [0.25, 0.3) is 11.0 Å². The minimum atomic E-state index is -0.478. The Morgan fingerprint density at radius 1 is 1.42 bits per heavy atom. The fourth-order valence-corrected chi connectivity index (χ4v) is 2.67. The van der Waals surface area contributed by atoms with Crippen molar-refractivity contribution < 1.29 is 24.4 Å². The van der Waals surface area contributed by atoms with Gasteiger partial charge in [-0.15, -0.1) is 0 Å². The van der Waals surface area contributed by atoms with Crippen LogP contribution >= 0.6 is 0 Å². The molecule has 1 aromatic carbocycles. The van der Waals surface area contributed by atoms with Crippen LogP contribution in [0.15, 0.2) is 57.3 Å². The van der Waals surface area contributed by atoms with E-state index >= 15 is 0 Å². The fraction of sp³-hybridized carbons (Fsp3) is 0.350. The molecule has 2 aromatic rings. The van der Waals surface area contributed by atoms with Gasteiger partial charge in [0.2, 0.25) is 0 Å². The molecule has 1 unspecified atom stereocenters. The summed E-state index contributed by atoms with van der Waals surface area (Å²) in [5, 5.41) is 19.1. The standard InChI is InChI=1S/C20H24O6/c1-13(2)16(26-23)8-7-15(12-21)9-10-24-18-11-19(22)25-17-6-4-5-14(3)20(17)18/h4-6,9,11,16,21,23H,1,7-8,10,12H2,2-3H3. The predicted octanol–water partition coefficient (Wildman–Crippen LogP) is 3.61. The first-order valence-corrected chi connectivity index (χ1v) is 8.37. The Kier molecular flexibility index (Phi) is 7.15. The van der Waals surface area contributed by atoms with Crippen molar-refractivity contribution in [3.8, 4) is 5.75 Å². The van der Waals surface area contributed by atoms with E-state index in [2.05, 4.69) is 11.5 Å². The summed E-state index contributed by atoms with van der Waals surface area (Å²) in [7, 11) is 0. The van der Waals surface area contributed by atoms with Crippen LogP contribution in [0.3, 0.4) is 0 Å². The van der Waals surface area contributed by atoms with Crippen LogP contribution < -0.4 is 10.4 Å². The van der Waals surface area contributed by atoms with Crippen molar-refractivity contribution in [3.05, 3.63) is 64.1 Å². The van der Waals surface area contributed by atoms with Crippen LogP contribution in [-0.2, 0) is 4.89 Å². The average Bonchev–Trinajstić information content (AvgIpc) is 2.60. The van der Waals surface area contributed by atoms with Gasteiger partial charge in [-0.2, -0.15) is 0 Å². The number of aryl methyl sites for hydroxylation is 1. The number of hydrogen-bond donors (Lipinski definition) is 2. The second-order valence-electron chi connectivity index (χ2n) is 6.19. The lowest BCUT2D eigenvalue weighted by molar-refractivity contribution is -0.269. The Labute approximate surface area is 151 Å². The molecule has 2 rings (SSSR count). The zero-order valence-corrected chi connectivity index (χ0v) is 15.0. The number of rotatable bonds is 9. The van der Waals surface area contributed by atoms with Crippen molar-refractivity contribution in [1.29, 1.82) is 0 Å². The van der Waals surface area contributed by atoms with Crippen LogP contribution in [0.2, 0.25) is 0 Å². The summed E-state index contributed by atoms with van der Waals surface area (Å²) in [6.45, 7) is 7.49. The minimum Gasteiger partial charge on any atom is -0.488 e. The molecule has 1 aromatic heterocycles. The Bertz CT molecular complexity index is 849. The third kappa shape index (κ3) is 5.05. The van der Waals surface area contributed by atoms with Crippen molar-refractivity contribution >= 4 is 11.0 Å². The highest BCUT2D eigenvalue weighted by molar-refractivity contribution is 5.86. The summed E-state index contributed by atoms with van der Waals surface area (Å²) in [5.41, 5.74) is 2.39. The first-order chi connectivity index (χ1) is 12.5. The van der Waals surface area contributed by atoms with Crippen molar-refractivity contribution in [2.24, 2.45) is 0 Å². The lowest BCUT2D eigenvalue weighted by atomic mass is 10.0. The number of hydrogen-bond acceptors (Lipinski definition) is 6. The van der Waals surface area contributed by atoms with Gasteiger partial charge in [0.15, 0.2) is 0 Å². The van der Waals surface area contributed by atoms with Gasteiger partial charge >= 0.3 is 5.63 Å². The molecular weight excluding hydrogens is 336 g/mol.